The highest BCUT2D eigenvalue weighted by Crippen LogP contribution is 2.17. The lowest BCUT2D eigenvalue weighted by Crippen LogP contribution is -1.94. The van der Waals surface area contributed by atoms with Crippen molar-refractivity contribution in [2.45, 2.75) is 26.7 Å². The largest absolute Gasteiger partial charge is 0.494 e. The Hall–Kier alpha value is -0.760. The van der Waals surface area contributed by atoms with Crippen molar-refractivity contribution in [3.63, 3.8) is 0 Å². The molecule has 0 bridgehead atoms. The molecule has 0 atom stereocenters. The van der Waals surface area contributed by atoms with Gasteiger partial charge in [0, 0.05) is 5.33 Å². The van der Waals surface area contributed by atoms with Crippen molar-refractivity contribution in [2.75, 3.05) is 11.9 Å². The van der Waals surface area contributed by atoms with Gasteiger partial charge in [0.2, 0.25) is 0 Å². The van der Waals surface area contributed by atoms with E-state index in [0.717, 1.165) is 30.5 Å². The first-order valence-electron chi connectivity index (χ1n) is 5.78. The molecule has 0 saturated heterocycles. The summed E-state index contributed by atoms with van der Waals surface area (Å²) in [6, 6.07) is 8.25. The monoisotopic (exact) mass is 282 g/mol. The Morgan fingerprint density at radius 3 is 2.81 bits per heavy atom. The highest BCUT2D eigenvalue weighted by Gasteiger charge is 1.96. The quantitative estimate of drug-likeness (QED) is 0.690. The van der Waals surface area contributed by atoms with Gasteiger partial charge in [0.1, 0.15) is 5.75 Å². The van der Waals surface area contributed by atoms with Crippen molar-refractivity contribution in [3.8, 4) is 5.75 Å². The Bertz CT molecular complexity index is 338. The summed E-state index contributed by atoms with van der Waals surface area (Å²) in [4.78, 5) is 0. The van der Waals surface area contributed by atoms with Crippen molar-refractivity contribution in [1.29, 1.82) is 0 Å². The van der Waals surface area contributed by atoms with Gasteiger partial charge in [-0.1, -0.05) is 53.6 Å². The predicted octanol–water partition coefficient (Wildman–Crippen LogP) is 4.66. The normalized spacial score (nSPS) is 11.6. The third-order valence-corrected chi connectivity index (χ3v) is 3.05. The number of allylic oxidation sites excluding steroid dienone is 1. The number of alkyl halides is 1. The van der Waals surface area contributed by atoms with Crippen LogP contribution in [0.2, 0.25) is 0 Å². The van der Waals surface area contributed by atoms with Crippen LogP contribution < -0.4 is 4.74 Å². The van der Waals surface area contributed by atoms with Crippen LogP contribution in [0, 0.1) is 0 Å². The van der Waals surface area contributed by atoms with E-state index in [2.05, 4.69) is 48.0 Å². The van der Waals surface area contributed by atoms with Crippen LogP contribution in [0.4, 0.5) is 0 Å². The Labute approximate surface area is 107 Å². The van der Waals surface area contributed by atoms with Gasteiger partial charge in [-0.15, -0.1) is 0 Å². The Morgan fingerprint density at radius 1 is 1.38 bits per heavy atom. The van der Waals surface area contributed by atoms with Gasteiger partial charge >= 0.3 is 0 Å². The molecule has 0 amide bonds. The summed E-state index contributed by atoms with van der Waals surface area (Å²) in [7, 11) is 0. The number of hydrogen-bond donors (Lipinski definition) is 0. The maximum absolute atomic E-state index is 5.60. The van der Waals surface area contributed by atoms with Crippen LogP contribution in [0.1, 0.15) is 32.3 Å². The zero-order valence-electron chi connectivity index (χ0n) is 10.0. The van der Waals surface area contributed by atoms with E-state index >= 15 is 0 Å². The maximum Gasteiger partial charge on any atom is 0.119 e. The minimum atomic E-state index is 0.784. The van der Waals surface area contributed by atoms with Crippen molar-refractivity contribution >= 4 is 22.0 Å². The van der Waals surface area contributed by atoms with E-state index in [1.807, 2.05) is 12.1 Å². The zero-order chi connectivity index (χ0) is 11.8. The van der Waals surface area contributed by atoms with Crippen molar-refractivity contribution in [2.24, 2.45) is 0 Å². The summed E-state index contributed by atoms with van der Waals surface area (Å²) < 4.78 is 5.60. The first-order valence-corrected chi connectivity index (χ1v) is 6.90. The molecule has 0 unspecified atom stereocenters. The third kappa shape index (κ3) is 4.40. The van der Waals surface area contributed by atoms with E-state index in [9.17, 15) is 0 Å². The number of halogens is 1. The van der Waals surface area contributed by atoms with Gasteiger partial charge in [-0.05, 0) is 30.5 Å². The lowest BCUT2D eigenvalue weighted by molar-refractivity contribution is 0.317. The van der Waals surface area contributed by atoms with E-state index in [4.69, 9.17) is 4.74 Å². The highest BCUT2D eigenvalue weighted by molar-refractivity contribution is 9.09. The molecule has 0 radical (unpaired) electrons. The standard InChI is InChI=1S/C14H19BrO/c1-3-8-16-14-7-5-6-13(10-14)9-12(4-2)11-15/h5-7,9-10H,3-4,8,11H2,1-2H3. The molecule has 1 rings (SSSR count). The molecule has 1 aromatic carbocycles. The molecule has 1 aromatic rings. The smallest absolute Gasteiger partial charge is 0.119 e. The SMILES string of the molecule is CCCOc1cccc(C=C(CC)CBr)c1. The van der Waals surface area contributed by atoms with Crippen LogP contribution in [0.15, 0.2) is 29.8 Å². The average molecular weight is 283 g/mol. The summed E-state index contributed by atoms with van der Waals surface area (Å²) in [5, 5.41) is 0.934. The van der Waals surface area contributed by atoms with Crippen LogP contribution in [0.25, 0.3) is 6.08 Å². The van der Waals surface area contributed by atoms with Crippen LogP contribution in [0.3, 0.4) is 0 Å². The number of hydrogen-bond acceptors (Lipinski definition) is 1. The van der Waals surface area contributed by atoms with E-state index in [-0.39, 0.29) is 0 Å². The molecular formula is C14H19BrO. The molecule has 0 aliphatic carbocycles. The summed E-state index contributed by atoms with van der Waals surface area (Å²) in [5.41, 5.74) is 2.61. The Morgan fingerprint density at radius 2 is 2.19 bits per heavy atom. The summed E-state index contributed by atoms with van der Waals surface area (Å²) in [6.07, 6.45) is 4.33. The van der Waals surface area contributed by atoms with Gasteiger partial charge in [-0.2, -0.15) is 0 Å². The molecule has 0 N–H and O–H groups in total. The number of ether oxygens (including phenoxy) is 1. The van der Waals surface area contributed by atoms with Crippen LogP contribution >= 0.6 is 15.9 Å². The van der Waals surface area contributed by atoms with Crippen molar-refractivity contribution in [1.82, 2.24) is 0 Å². The van der Waals surface area contributed by atoms with Gasteiger partial charge in [-0.3, -0.25) is 0 Å². The fourth-order valence-electron chi connectivity index (χ4n) is 1.38. The van der Waals surface area contributed by atoms with E-state index < -0.39 is 0 Å². The van der Waals surface area contributed by atoms with E-state index in [1.54, 1.807) is 0 Å². The van der Waals surface area contributed by atoms with E-state index in [0.29, 0.717) is 0 Å². The van der Waals surface area contributed by atoms with Gasteiger partial charge in [0.05, 0.1) is 6.61 Å². The molecule has 0 saturated carbocycles. The van der Waals surface area contributed by atoms with Gasteiger partial charge < -0.3 is 4.74 Å². The first kappa shape index (κ1) is 13.3. The lowest BCUT2D eigenvalue weighted by Gasteiger charge is -2.06. The molecule has 1 nitrogen and oxygen atoms in total. The molecule has 0 aromatic heterocycles. The van der Waals surface area contributed by atoms with Crippen molar-refractivity contribution in [3.05, 3.63) is 35.4 Å². The van der Waals surface area contributed by atoms with Gasteiger partial charge in [-0.25, -0.2) is 0 Å². The van der Waals surface area contributed by atoms with Crippen LogP contribution in [-0.2, 0) is 0 Å². The average Bonchev–Trinajstić information content (AvgIpc) is 2.34. The topological polar surface area (TPSA) is 9.23 Å². The minimum absolute atomic E-state index is 0.784. The molecule has 0 aliphatic heterocycles. The molecule has 0 heterocycles. The zero-order valence-corrected chi connectivity index (χ0v) is 11.6. The van der Waals surface area contributed by atoms with Crippen LogP contribution in [-0.4, -0.2) is 11.9 Å². The second-order valence-corrected chi connectivity index (χ2v) is 4.27. The molecule has 88 valence electrons. The second-order valence-electron chi connectivity index (χ2n) is 3.71. The van der Waals surface area contributed by atoms with Gasteiger partial charge in [0.25, 0.3) is 0 Å². The molecule has 16 heavy (non-hydrogen) atoms. The second kappa shape index (κ2) is 7.50. The summed E-state index contributed by atoms with van der Waals surface area (Å²) >= 11 is 3.49. The third-order valence-electron chi connectivity index (χ3n) is 2.33. The number of benzene rings is 1. The maximum atomic E-state index is 5.60. The molecular weight excluding hydrogens is 264 g/mol. The molecule has 2 heteroatoms. The fourth-order valence-corrected chi connectivity index (χ4v) is 1.94. The number of rotatable bonds is 6. The summed E-state index contributed by atoms with van der Waals surface area (Å²) in [6.45, 7) is 5.07. The highest BCUT2D eigenvalue weighted by atomic mass is 79.9. The fraction of sp³-hybridized carbons (Fsp3) is 0.429. The Kier molecular flexibility index (Phi) is 6.24. The van der Waals surface area contributed by atoms with Crippen molar-refractivity contribution < 1.29 is 4.74 Å². The molecule has 0 spiro atoms. The lowest BCUT2D eigenvalue weighted by atomic mass is 10.1. The van der Waals surface area contributed by atoms with E-state index in [1.165, 1.54) is 11.1 Å². The predicted molar refractivity (Wildman–Crippen MR) is 74.3 cm³/mol. The van der Waals surface area contributed by atoms with Crippen LogP contribution in [0.5, 0.6) is 5.75 Å². The first-order chi connectivity index (χ1) is 7.80. The summed E-state index contributed by atoms with van der Waals surface area (Å²) in [5.74, 6) is 0.959. The molecule has 0 fully saturated rings. The van der Waals surface area contributed by atoms with Gasteiger partial charge in [0.15, 0.2) is 0 Å². The Balaban J connectivity index is 2.77. The molecule has 0 aliphatic rings. The minimum Gasteiger partial charge on any atom is -0.494 e.